The number of rotatable bonds is 2. The summed E-state index contributed by atoms with van der Waals surface area (Å²) >= 11 is 0. The van der Waals surface area contributed by atoms with Gasteiger partial charge in [-0.3, -0.25) is 4.31 Å². The zero-order chi connectivity index (χ0) is 13.6. The summed E-state index contributed by atoms with van der Waals surface area (Å²) < 4.78 is 47.1. The normalized spacial score (nSPS) is 16.4. The highest BCUT2D eigenvalue weighted by molar-refractivity contribution is 8.13. The van der Waals surface area contributed by atoms with Gasteiger partial charge in [-0.25, -0.2) is 16.8 Å². The van der Waals surface area contributed by atoms with E-state index >= 15 is 0 Å². The molecule has 0 atom stereocenters. The maximum Gasteiger partial charge on any atom is 0.261 e. The van der Waals surface area contributed by atoms with Crippen molar-refractivity contribution in [2.24, 2.45) is 0 Å². The van der Waals surface area contributed by atoms with Gasteiger partial charge in [-0.1, -0.05) is 6.07 Å². The molecule has 1 aliphatic heterocycles. The van der Waals surface area contributed by atoms with E-state index in [9.17, 15) is 16.8 Å². The van der Waals surface area contributed by atoms with Gasteiger partial charge >= 0.3 is 0 Å². The van der Waals surface area contributed by atoms with Crippen LogP contribution in [0.25, 0.3) is 0 Å². The molecule has 1 heterocycles. The minimum absolute atomic E-state index is 0.0848. The lowest BCUT2D eigenvalue weighted by molar-refractivity contribution is 0.591. The van der Waals surface area contributed by atoms with Gasteiger partial charge < -0.3 is 0 Å². The van der Waals surface area contributed by atoms with Gasteiger partial charge in [-0.05, 0) is 30.5 Å². The number of anilines is 1. The first-order chi connectivity index (χ1) is 8.19. The monoisotopic (exact) mass is 309 g/mol. The summed E-state index contributed by atoms with van der Waals surface area (Å²) in [6.07, 6.45) is 2.54. The molecular formula is C10H12ClNO4S2. The van der Waals surface area contributed by atoms with Crippen LogP contribution in [0.5, 0.6) is 0 Å². The Morgan fingerprint density at radius 1 is 1.22 bits per heavy atom. The molecule has 1 aliphatic rings. The van der Waals surface area contributed by atoms with Crippen LogP contribution in [0.4, 0.5) is 5.69 Å². The van der Waals surface area contributed by atoms with E-state index in [2.05, 4.69) is 0 Å². The minimum atomic E-state index is -3.85. The molecule has 0 spiro atoms. The summed E-state index contributed by atoms with van der Waals surface area (Å²) in [5.74, 6) is 0. The molecule has 0 N–H and O–H groups in total. The molecule has 0 amide bonds. The van der Waals surface area contributed by atoms with Gasteiger partial charge in [-0.15, -0.1) is 0 Å². The first-order valence-corrected chi connectivity index (χ1v) is 9.40. The molecule has 5 nitrogen and oxygen atoms in total. The number of aryl methyl sites for hydroxylation is 1. The van der Waals surface area contributed by atoms with E-state index in [1.54, 1.807) is 6.07 Å². The van der Waals surface area contributed by atoms with Crippen molar-refractivity contribution in [3.8, 4) is 0 Å². The Morgan fingerprint density at radius 3 is 2.44 bits per heavy atom. The van der Waals surface area contributed by atoms with Crippen LogP contribution in [0, 0.1) is 0 Å². The highest BCUT2D eigenvalue weighted by Gasteiger charge is 2.25. The van der Waals surface area contributed by atoms with E-state index in [-0.39, 0.29) is 4.90 Å². The Morgan fingerprint density at radius 2 is 1.89 bits per heavy atom. The van der Waals surface area contributed by atoms with Crippen molar-refractivity contribution >= 4 is 35.4 Å². The first kappa shape index (κ1) is 13.6. The van der Waals surface area contributed by atoms with Crippen molar-refractivity contribution in [3.05, 3.63) is 23.8 Å². The van der Waals surface area contributed by atoms with E-state index in [4.69, 9.17) is 10.7 Å². The van der Waals surface area contributed by atoms with Crippen molar-refractivity contribution in [1.82, 2.24) is 0 Å². The number of benzene rings is 1. The second-order valence-electron chi connectivity index (χ2n) is 4.17. The van der Waals surface area contributed by atoms with Gasteiger partial charge in [0, 0.05) is 17.2 Å². The highest BCUT2D eigenvalue weighted by Crippen LogP contribution is 2.32. The number of hydrogen-bond acceptors (Lipinski definition) is 4. The summed E-state index contributed by atoms with van der Waals surface area (Å²) in [7, 11) is -1.99. The van der Waals surface area contributed by atoms with E-state index in [1.165, 1.54) is 16.4 Å². The van der Waals surface area contributed by atoms with E-state index < -0.39 is 19.1 Å². The van der Waals surface area contributed by atoms with Crippen LogP contribution in [0.2, 0.25) is 0 Å². The Bertz CT molecular complexity index is 682. The second-order valence-corrected chi connectivity index (χ2v) is 8.64. The Balaban J connectivity index is 2.62. The van der Waals surface area contributed by atoms with Crippen LogP contribution in [-0.2, 0) is 25.5 Å². The molecule has 1 aromatic carbocycles. The number of fused-ring (bicyclic) bond motifs is 1. The van der Waals surface area contributed by atoms with Gasteiger partial charge in [0.15, 0.2) is 0 Å². The number of nitrogens with zero attached hydrogens (tertiary/aromatic N) is 1. The van der Waals surface area contributed by atoms with Crippen molar-refractivity contribution < 1.29 is 16.8 Å². The lowest BCUT2D eigenvalue weighted by atomic mass is 10.0. The van der Waals surface area contributed by atoms with Gasteiger partial charge in [0.1, 0.15) is 0 Å². The molecule has 8 heteroatoms. The van der Waals surface area contributed by atoms with Gasteiger partial charge in [0.05, 0.1) is 16.8 Å². The fraction of sp³-hybridized carbons (Fsp3) is 0.400. The van der Waals surface area contributed by atoms with Crippen LogP contribution < -0.4 is 4.31 Å². The predicted molar refractivity (Wildman–Crippen MR) is 70.0 cm³/mol. The fourth-order valence-corrected chi connectivity index (χ4v) is 3.78. The largest absolute Gasteiger partial charge is 0.270 e. The lowest BCUT2D eigenvalue weighted by Gasteiger charge is -2.29. The average Bonchev–Trinajstić information content (AvgIpc) is 2.25. The molecule has 0 saturated carbocycles. The molecule has 100 valence electrons. The summed E-state index contributed by atoms with van der Waals surface area (Å²) in [4.78, 5) is -0.0848. The Labute approximate surface area is 111 Å². The van der Waals surface area contributed by atoms with Crippen LogP contribution in [-0.4, -0.2) is 29.6 Å². The van der Waals surface area contributed by atoms with Gasteiger partial charge in [0.25, 0.3) is 9.05 Å². The molecular weight excluding hydrogens is 298 g/mol. The highest BCUT2D eigenvalue weighted by atomic mass is 35.7. The van der Waals surface area contributed by atoms with Gasteiger partial charge in [-0.2, -0.15) is 0 Å². The number of halogens is 1. The predicted octanol–water partition coefficient (Wildman–Crippen LogP) is 1.33. The fourth-order valence-electron chi connectivity index (χ4n) is 2.02. The quantitative estimate of drug-likeness (QED) is 0.773. The third-order valence-corrected chi connectivity index (χ3v) is 5.35. The Hall–Kier alpha value is -0.790. The van der Waals surface area contributed by atoms with E-state index in [0.717, 1.165) is 18.2 Å². The summed E-state index contributed by atoms with van der Waals surface area (Å²) in [6.45, 7) is 0.359. The minimum Gasteiger partial charge on any atom is -0.270 e. The molecule has 18 heavy (non-hydrogen) atoms. The standard InChI is InChI=1S/C10H12ClNO4S2/c1-17(13,14)12-6-2-3-8-4-5-9(7-10(8)12)18(11,15)16/h4-5,7H,2-3,6H2,1H3. The summed E-state index contributed by atoms with van der Waals surface area (Å²) in [5.41, 5.74) is 1.22. The molecule has 2 rings (SSSR count). The molecule has 0 fully saturated rings. The maximum absolute atomic E-state index is 11.7. The van der Waals surface area contributed by atoms with Crippen molar-refractivity contribution in [1.29, 1.82) is 0 Å². The van der Waals surface area contributed by atoms with Crippen LogP contribution >= 0.6 is 10.7 Å². The molecule has 1 aromatic rings. The lowest BCUT2D eigenvalue weighted by Crippen LogP contribution is -2.34. The summed E-state index contributed by atoms with van der Waals surface area (Å²) in [6, 6.07) is 4.33. The van der Waals surface area contributed by atoms with Crippen molar-refractivity contribution in [3.63, 3.8) is 0 Å². The van der Waals surface area contributed by atoms with Crippen molar-refractivity contribution in [2.45, 2.75) is 17.7 Å². The second kappa shape index (κ2) is 4.40. The Kier molecular flexibility index (Phi) is 3.33. The zero-order valence-corrected chi connectivity index (χ0v) is 12.0. The van der Waals surface area contributed by atoms with Crippen LogP contribution in [0.15, 0.2) is 23.1 Å². The topological polar surface area (TPSA) is 71.5 Å². The first-order valence-electron chi connectivity index (χ1n) is 5.25. The SMILES string of the molecule is CS(=O)(=O)N1CCCc2ccc(S(=O)(=O)Cl)cc21. The molecule has 0 aromatic heterocycles. The third-order valence-electron chi connectivity index (χ3n) is 2.81. The molecule has 0 aliphatic carbocycles. The van der Waals surface area contributed by atoms with Crippen LogP contribution in [0.3, 0.4) is 0 Å². The van der Waals surface area contributed by atoms with Gasteiger partial charge in [0.2, 0.25) is 10.0 Å². The van der Waals surface area contributed by atoms with Crippen LogP contribution in [0.1, 0.15) is 12.0 Å². The number of hydrogen-bond donors (Lipinski definition) is 0. The molecule has 0 unspecified atom stereocenters. The average molecular weight is 310 g/mol. The molecule has 0 radical (unpaired) electrons. The summed E-state index contributed by atoms with van der Waals surface area (Å²) in [5, 5.41) is 0. The molecule has 0 saturated heterocycles. The third kappa shape index (κ3) is 2.62. The zero-order valence-electron chi connectivity index (χ0n) is 9.63. The number of sulfonamides is 1. The van der Waals surface area contributed by atoms with E-state index in [1.807, 2.05) is 0 Å². The maximum atomic E-state index is 11.7. The van der Waals surface area contributed by atoms with Crippen molar-refractivity contribution in [2.75, 3.05) is 17.1 Å². The van der Waals surface area contributed by atoms with E-state index in [0.29, 0.717) is 18.7 Å². The molecule has 0 bridgehead atoms. The smallest absolute Gasteiger partial charge is 0.261 e.